The zero-order valence-corrected chi connectivity index (χ0v) is 18.6. The van der Waals surface area contributed by atoms with Crippen molar-refractivity contribution in [2.45, 2.75) is 46.7 Å². The molecule has 0 amide bonds. The lowest BCUT2D eigenvalue weighted by Gasteiger charge is -2.16. The van der Waals surface area contributed by atoms with Crippen molar-refractivity contribution in [3.05, 3.63) is 42.0 Å². The minimum absolute atomic E-state index is 0.254. The fourth-order valence-corrected chi connectivity index (χ4v) is 3.56. The Kier molecular flexibility index (Phi) is 5.83. The standard InChI is InChI=1S/C22H28N8O/c1-6-14(3)30-21-19(23-11-16-12-25-29(5)13-16)10-18(26-20(21)15(4)28-30)17-8-9-24-27-22(17)31-7-2/h8-10,12-14H,6-7,11H2,1-5H3,(H,23,26)/t14-/m0/s1. The molecule has 0 radical (unpaired) electrons. The number of aromatic nitrogens is 7. The molecule has 4 rings (SSSR count). The van der Waals surface area contributed by atoms with E-state index >= 15 is 0 Å². The van der Waals surface area contributed by atoms with Crippen molar-refractivity contribution in [3.63, 3.8) is 0 Å². The van der Waals surface area contributed by atoms with Gasteiger partial charge in [-0.2, -0.15) is 15.3 Å². The fourth-order valence-electron chi connectivity index (χ4n) is 3.56. The topological polar surface area (TPSA) is 95.6 Å². The van der Waals surface area contributed by atoms with Gasteiger partial charge in [0.25, 0.3) is 0 Å². The van der Waals surface area contributed by atoms with Crippen molar-refractivity contribution in [1.29, 1.82) is 0 Å². The summed E-state index contributed by atoms with van der Waals surface area (Å²) in [5, 5.41) is 20.8. The molecule has 0 aliphatic carbocycles. The second-order valence-corrected chi connectivity index (χ2v) is 7.60. The Morgan fingerprint density at radius 2 is 2.10 bits per heavy atom. The molecule has 9 heteroatoms. The Hall–Kier alpha value is -3.49. The summed E-state index contributed by atoms with van der Waals surface area (Å²) in [7, 11) is 1.92. The van der Waals surface area contributed by atoms with Crippen molar-refractivity contribution in [2.75, 3.05) is 11.9 Å². The van der Waals surface area contributed by atoms with Gasteiger partial charge in [-0.15, -0.1) is 5.10 Å². The van der Waals surface area contributed by atoms with Gasteiger partial charge in [-0.05, 0) is 39.3 Å². The van der Waals surface area contributed by atoms with Crippen molar-refractivity contribution in [1.82, 2.24) is 34.7 Å². The minimum atomic E-state index is 0.254. The van der Waals surface area contributed by atoms with Crippen LogP contribution in [0, 0.1) is 6.92 Å². The molecule has 1 N–H and O–H groups in total. The smallest absolute Gasteiger partial charge is 0.242 e. The maximum absolute atomic E-state index is 5.70. The third-order valence-electron chi connectivity index (χ3n) is 5.32. The van der Waals surface area contributed by atoms with Gasteiger partial charge < -0.3 is 10.1 Å². The molecule has 0 aliphatic heterocycles. The summed E-state index contributed by atoms with van der Waals surface area (Å²) in [4.78, 5) is 4.96. The number of hydrogen-bond acceptors (Lipinski definition) is 7. The number of ether oxygens (including phenoxy) is 1. The van der Waals surface area contributed by atoms with Crippen LogP contribution >= 0.6 is 0 Å². The first kappa shape index (κ1) is 20.8. The normalized spacial score (nSPS) is 12.3. The molecule has 4 aromatic heterocycles. The zero-order valence-electron chi connectivity index (χ0n) is 18.6. The summed E-state index contributed by atoms with van der Waals surface area (Å²) in [6.07, 6.45) is 6.50. The lowest BCUT2D eigenvalue weighted by atomic mass is 10.1. The second-order valence-electron chi connectivity index (χ2n) is 7.60. The Bertz CT molecular complexity index is 1200. The predicted molar refractivity (Wildman–Crippen MR) is 120 cm³/mol. The highest BCUT2D eigenvalue weighted by Gasteiger charge is 2.20. The summed E-state index contributed by atoms with van der Waals surface area (Å²) < 4.78 is 9.57. The number of pyridine rings is 1. The molecule has 0 aromatic carbocycles. The molecule has 0 bridgehead atoms. The molecule has 0 aliphatic rings. The van der Waals surface area contributed by atoms with Crippen LogP contribution in [0.3, 0.4) is 0 Å². The minimum Gasteiger partial charge on any atom is -0.476 e. The Morgan fingerprint density at radius 1 is 1.26 bits per heavy atom. The fraction of sp³-hybridized carbons (Fsp3) is 0.409. The van der Waals surface area contributed by atoms with Crippen LogP contribution in [-0.4, -0.2) is 41.3 Å². The molecule has 4 aromatic rings. The number of fused-ring (bicyclic) bond motifs is 1. The third-order valence-corrected chi connectivity index (χ3v) is 5.32. The van der Waals surface area contributed by atoms with Crippen LogP contribution < -0.4 is 10.1 Å². The Balaban J connectivity index is 1.87. The first-order chi connectivity index (χ1) is 15.0. The van der Waals surface area contributed by atoms with E-state index in [9.17, 15) is 0 Å². The summed E-state index contributed by atoms with van der Waals surface area (Å²) in [5.74, 6) is 0.474. The van der Waals surface area contributed by atoms with Gasteiger partial charge in [-0.3, -0.25) is 9.36 Å². The number of nitrogens with one attached hydrogen (secondary N) is 1. The van der Waals surface area contributed by atoms with E-state index in [4.69, 9.17) is 14.8 Å². The highest BCUT2D eigenvalue weighted by Crippen LogP contribution is 2.34. The van der Waals surface area contributed by atoms with Gasteiger partial charge in [-0.1, -0.05) is 6.92 Å². The van der Waals surface area contributed by atoms with Crippen LogP contribution in [0.2, 0.25) is 0 Å². The lowest BCUT2D eigenvalue weighted by Crippen LogP contribution is -2.09. The maximum Gasteiger partial charge on any atom is 0.242 e. The number of rotatable bonds is 8. The van der Waals surface area contributed by atoms with Gasteiger partial charge in [-0.25, -0.2) is 4.98 Å². The molecule has 4 heterocycles. The van der Waals surface area contributed by atoms with E-state index < -0.39 is 0 Å². The molecular weight excluding hydrogens is 392 g/mol. The maximum atomic E-state index is 5.70. The molecule has 31 heavy (non-hydrogen) atoms. The summed E-state index contributed by atoms with van der Waals surface area (Å²) in [5.41, 5.74) is 6.39. The largest absolute Gasteiger partial charge is 0.476 e. The van der Waals surface area contributed by atoms with Gasteiger partial charge in [0.05, 0.1) is 41.6 Å². The van der Waals surface area contributed by atoms with E-state index in [1.807, 2.05) is 45.4 Å². The predicted octanol–water partition coefficient (Wildman–Crippen LogP) is 3.91. The monoisotopic (exact) mass is 420 g/mol. The van der Waals surface area contributed by atoms with Gasteiger partial charge in [0.1, 0.15) is 11.0 Å². The Morgan fingerprint density at radius 3 is 2.81 bits per heavy atom. The van der Waals surface area contributed by atoms with Crippen LogP contribution in [0.5, 0.6) is 5.88 Å². The average molecular weight is 421 g/mol. The molecular formula is C22H28N8O. The van der Waals surface area contributed by atoms with Gasteiger partial charge in [0, 0.05) is 31.4 Å². The van der Waals surface area contributed by atoms with Crippen molar-refractivity contribution < 1.29 is 4.74 Å². The molecule has 1 atom stereocenters. The number of anilines is 1. The van der Waals surface area contributed by atoms with E-state index in [0.29, 0.717) is 19.0 Å². The molecule has 9 nitrogen and oxygen atoms in total. The van der Waals surface area contributed by atoms with E-state index in [0.717, 1.165) is 45.7 Å². The molecule has 0 fully saturated rings. The van der Waals surface area contributed by atoms with Crippen LogP contribution in [0.25, 0.3) is 22.3 Å². The molecule has 0 spiro atoms. The average Bonchev–Trinajstić information content (AvgIpc) is 3.35. The molecule has 0 saturated carbocycles. The summed E-state index contributed by atoms with van der Waals surface area (Å²) in [6.45, 7) is 9.40. The SMILES string of the molecule is CCOc1nnccc1-c1cc(NCc2cnn(C)c2)c2c(n1)c(C)nn2[C@@H](C)CC. The van der Waals surface area contributed by atoms with Gasteiger partial charge in [0.15, 0.2) is 0 Å². The number of hydrogen-bond donors (Lipinski definition) is 1. The second kappa shape index (κ2) is 8.71. The summed E-state index contributed by atoms with van der Waals surface area (Å²) >= 11 is 0. The van der Waals surface area contributed by atoms with E-state index in [1.54, 1.807) is 10.9 Å². The first-order valence-corrected chi connectivity index (χ1v) is 10.6. The van der Waals surface area contributed by atoms with E-state index in [2.05, 4.69) is 39.1 Å². The number of aryl methyl sites for hydroxylation is 2. The number of nitrogens with zero attached hydrogens (tertiary/aromatic N) is 7. The molecule has 0 unspecified atom stereocenters. The molecule has 0 saturated heterocycles. The van der Waals surface area contributed by atoms with Crippen LogP contribution in [0.1, 0.15) is 44.5 Å². The third kappa shape index (κ3) is 4.08. The van der Waals surface area contributed by atoms with Crippen LogP contribution in [0.15, 0.2) is 30.7 Å². The van der Waals surface area contributed by atoms with Crippen LogP contribution in [-0.2, 0) is 13.6 Å². The highest BCUT2D eigenvalue weighted by molar-refractivity contribution is 5.93. The highest BCUT2D eigenvalue weighted by atomic mass is 16.5. The quantitative estimate of drug-likeness (QED) is 0.462. The van der Waals surface area contributed by atoms with Crippen molar-refractivity contribution in [2.24, 2.45) is 7.05 Å². The van der Waals surface area contributed by atoms with Gasteiger partial charge in [0.2, 0.25) is 5.88 Å². The van der Waals surface area contributed by atoms with Gasteiger partial charge >= 0.3 is 0 Å². The molecule has 162 valence electrons. The van der Waals surface area contributed by atoms with Crippen molar-refractivity contribution in [3.8, 4) is 17.1 Å². The van der Waals surface area contributed by atoms with Crippen molar-refractivity contribution >= 4 is 16.7 Å². The van der Waals surface area contributed by atoms with E-state index in [-0.39, 0.29) is 6.04 Å². The Labute approximate surface area is 181 Å². The lowest BCUT2D eigenvalue weighted by molar-refractivity contribution is 0.324. The zero-order chi connectivity index (χ0) is 22.0. The van der Waals surface area contributed by atoms with Crippen LogP contribution in [0.4, 0.5) is 5.69 Å². The van der Waals surface area contributed by atoms with E-state index in [1.165, 1.54) is 0 Å². The summed E-state index contributed by atoms with van der Waals surface area (Å²) in [6, 6.07) is 4.17. The first-order valence-electron chi connectivity index (χ1n) is 10.6.